The highest BCUT2D eigenvalue weighted by Gasteiger charge is 2.18. The first kappa shape index (κ1) is 24.1. The van der Waals surface area contributed by atoms with Gasteiger partial charge in [0.25, 0.3) is 5.91 Å². The second-order valence-corrected chi connectivity index (χ2v) is 8.69. The van der Waals surface area contributed by atoms with Crippen molar-refractivity contribution in [2.24, 2.45) is 0 Å². The van der Waals surface area contributed by atoms with Gasteiger partial charge in [0.2, 0.25) is 0 Å². The standard InChI is InChI=1S/C32H30N2O3/c1-33(2)29-19-17-27(18-20-29)26-15-12-25(13-16-26)23-34(32(36)28-9-5-4-6-10-28)30-11-7-8-24(22-30)14-21-31(35)37-3/h4-22H,23H2,1-3H3/b21-14+/i23D. The van der Waals surface area contributed by atoms with Gasteiger partial charge in [0.1, 0.15) is 0 Å². The molecule has 1 amide bonds. The second-order valence-electron chi connectivity index (χ2n) is 8.69. The van der Waals surface area contributed by atoms with Gasteiger partial charge in [-0.1, -0.05) is 66.7 Å². The van der Waals surface area contributed by atoms with Crippen molar-refractivity contribution in [1.82, 2.24) is 0 Å². The topological polar surface area (TPSA) is 49.9 Å². The summed E-state index contributed by atoms with van der Waals surface area (Å²) in [4.78, 5) is 28.7. The summed E-state index contributed by atoms with van der Waals surface area (Å²) >= 11 is 0. The lowest BCUT2D eigenvalue weighted by Gasteiger charge is -2.24. The van der Waals surface area contributed by atoms with Gasteiger partial charge in [0, 0.05) is 37.1 Å². The summed E-state index contributed by atoms with van der Waals surface area (Å²) in [6.07, 6.45) is 2.94. The van der Waals surface area contributed by atoms with Gasteiger partial charge in [-0.25, -0.2) is 4.79 Å². The highest BCUT2D eigenvalue weighted by molar-refractivity contribution is 6.06. The van der Waals surface area contributed by atoms with E-state index >= 15 is 0 Å². The van der Waals surface area contributed by atoms with E-state index < -0.39 is 12.5 Å². The van der Waals surface area contributed by atoms with Crippen molar-refractivity contribution in [2.45, 2.75) is 6.52 Å². The molecule has 0 aliphatic heterocycles. The quantitative estimate of drug-likeness (QED) is 0.210. The highest BCUT2D eigenvalue weighted by atomic mass is 16.5. The average Bonchev–Trinajstić information content (AvgIpc) is 2.96. The van der Waals surface area contributed by atoms with E-state index in [0.717, 1.165) is 16.8 Å². The van der Waals surface area contributed by atoms with Crippen LogP contribution in [0.1, 0.15) is 22.9 Å². The van der Waals surface area contributed by atoms with Crippen LogP contribution < -0.4 is 9.80 Å². The van der Waals surface area contributed by atoms with Gasteiger partial charge in [-0.2, -0.15) is 0 Å². The third kappa shape index (κ3) is 6.53. The SMILES string of the molecule is [2H]C(c1ccc(-c2ccc(N(C)C)cc2)cc1)N(C(=O)c1ccccc1)c1cccc(/C=C/C(=O)OC)c1. The van der Waals surface area contributed by atoms with Crippen LogP contribution in [0.3, 0.4) is 0 Å². The van der Waals surface area contributed by atoms with Crippen LogP contribution in [0.5, 0.6) is 0 Å². The molecule has 0 saturated carbocycles. The van der Waals surface area contributed by atoms with Gasteiger partial charge in [0.05, 0.1) is 15.0 Å². The molecule has 0 aliphatic carbocycles. The van der Waals surface area contributed by atoms with Crippen LogP contribution in [-0.4, -0.2) is 33.1 Å². The van der Waals surface area contributed by atoms with E-state index in [2.05, 4.69) is 33.9 Å². The van der Waals surface area contributed by atoms with Crippen LogP contribution in [0, 0.1) is 0 Å². The van der Waals surface area contributed by atoms with E-state index in [1.807, 2.05) is 50.5 Å². The van der Waals surface area contributed by atoms with E-state index in [-0.39, 0.29) is 5.91 Å². The minimum atomic E-state index is -0.993. The van der Waals surface area contributed by atoms with Crippen molar-refractivity contribution in [3.8, 4) is 11.1 Å². The lowest BCUT2D eigenvalue weighted by Crippen LogP contribution is -2.30. The van der Waals surface area contributed by atoms with Gasteiger partial charge in [-0.3, -0.25) is 4.79 Å². The number of hydrogen-bond acceptors (Lipinski definition) is 4. The molecule has 0 N–H and O–H groups in total. The summed E-state index contributed by atoms with van der Waals surface area (Å²) in [6.45, 7) is -0.993. The summed E-state index contributed by atoms with van der Waals surface area (Å²) in [5.74, 6) is -0.759. The Labute approximate surface area is 219 Å². The Morgan fingerprint density at radius 2 is 1.46 bits per heavy atom. The predicted molar refractivity (Wildman–Crippen MR) is 151 cm³/mol. The zero-order chi connectivity index (χ0) is 27.1. The summed E-state index contributed by atoms with van der Waals surface area (Å²) < 4.78 is 13.8. The lowest BCUT2D eigenvalue weighted by molar-refractivity contribution is -0.134. The van der Waals surface area contributed by atoms with Crippen molar-refractivity contribution < 1.29 is 15.7 Å². The van der Waals surface area contributed by atoms with Crippen LogP contribution in [0.4, 0.5) is 11.4 Å². The molecule has 0 saturated heterocycles. The zero-order valence-corrected chi connectivity index (χ0v) is 21.2. The Morgan fingerprint density at radius 1 is 0.811 bits per heavy atom. The largest absolute Gasteiger partial charge is 0.466 e. The summed E-state index contributed by atoms with van der Waals surface area (Å²) in [6, 6.07) is 32.1. The minimum Gasteiger partial charge on any atom is -0.466 e. The molecule has 186 valence electrons. The fraction of sp³-hybridized carbons (Fsp3) is 0.125. The number of carbonyl (C=O) groups is 2. The van der Waals surface area contributed by atoms with Crippen LogP contribution in [0.2, 0.25) is 0 Å². The number of anilines is 2. The predicted octanol–water partition coefficient (Wildman–Crippen LogP) is 6.45. The van der Waals surface area contributed by atoms with E-state index in [9.17, 15) is 9.59 Å². The maximum Gasteiger partial charge on any atom is 0.330 e. The molecule has 4 aromatic rings. The van der Waals surface area contributed by atoms with Crippen molar-refractivity contribution in [2.75, 3.05) is 31.0 Å². The summed E-state index contributed by atoms with van der Waals surface area (Å²) in [7, 11) is 5.33. The molecule has 4 rings (SSSR count). The van der Waals surface area contributed by atoms with E-state index in [4.69, 9.17) is 1.37 Å². The maximum atomic E-state index is 13.7. The average molecular weight is 492 g/mol. The number of rotatable bonds is 8. The van der Waals surface area contributed by atoms with Crippen LogP contribution in [0.25, 0.3) is 17.2 Å². The molecule has 1 atom stereocenters. The molecule has 0 spiro atoms. The minimum absolute atomic E-state index is 0.289. The number of esters is 1. The normalized spacial score (nSPS) is 12.0. The third-order valence-electron chi connectivity index (χ3n) is 5.91. The molecule has 0 fully saturated rings. The maximum absolute atomic E-state index is 13.7. The van der Waals surface area contributed by atoms with Crippen molar-refractivity contribution in [3.63, 3.8) is 0 Å². The Hall–Kier alpha value is -4.64. The van der Waals surface area contributed by atoms with Crippen LogP contribution in [-0.2, 0) is 16.1 Å². The van der Waals surface area contributed by atoms with Gasteiger partial charge in [-0.15, -0.1) is 0 Å². The lowest BCUT2D eigenvalue weighted by atomic mass is 10.0. The van der Waals surface area contributed by atoms with Crippen LogP contribution >= 0.6 is 0 Å². The first-order valence-corrected chi connectivity index (χ1v) is 11.9. The number of ether oxygens (including phenoxy) is 1. The number of amides is 1. The first-order chi connectivity index (χ1) is 18.4. The van der Waals surface area contributed by atoms with Crippen LogP contribution in [0.15, 0.2) is 109 Å². The Bertz CT molecular complexity index is 1420. The fourth-order valence-corrected chi connectivity index (χ4v) is 3.84. The van der Waals surface area contributed by atoms with E-state index in [1.165, 1.54) is 18.1 Å². The van der Waals surface area contributed by atoms with E-state index in [1.54, 1.807) is 48.5 Å². The molecule has 5 nitrogen and oxygen atoms in total. The number of methoxy groups -OCH3 is 1. The molecule has 4 aromatic carbocycles. The zero-order valence-electron chi connectivity index (χ0n) is 22.2. The molecule has 5 heteroatoms. The highest BCUT2D eigenvalue weighted by Crippen LogP contribution is 2.26. The Morgan fingerprint density at radius 3 is 2.08 bits per heavy atom. The molecule has 0 radical (unpaired) electrons. The third-order valence-corrected chi connectivity index (χ3v) is 5.91. The summed E-state index contributed by atoms with van der Waals surface area (Å²) in [5, 5.41) is 0. The number of hydrogen-bond donors (Lipinski definition) is 0. The smallest absolute Gasteiger partial charge is 0.330 e. The molecule has 0 aromatic heterocycles. The van der Waals surface area contributed by atoms with Gasteiger partial charge >= 0.3 is 5.97 Å². The molecule has 0 heterocycles. The first-order valence-electron chi connectivity index (χ1n) is 12.5. The van der Waals surface area contributed by atoms with Crippen molar-refractivity contribution in [3.05, 3.63) is 126 Å². The molecule has 1 unspecified atom stereocenters. The van der Waals surface area contributed by atoms with Crippen molar-refractivity contribution >= 4 is 29.3 Å². The van der Waals surface area contributed by atoms with Gasteiger partial charge < -0.3 is 14.5 Å². The van der Waals surface area contributed by atoms with Crippen molar-refractivity contribution in [1.29, 1.82) is 0 Å². The van der Waals surface area contributed by atoms with E-state index in [0.29, 0.717) is 22.4 Å². The fourth-order valence-electron chi connectivity index (χ4n) is 3.84. The number of nitrogens with zero attached hydrogens (tertiary/aromatic N) is 2. The van der Waals surface area contributed by atoms with Gasteiger partial charge in [0.15, 0.2) is 0 Å². The monoisotopic (exact) mass is 491 g/mol. The Kier molecular flexibility index (Phi) is 7.72. The van der Waals surface area contributed by atoms with Gasteiger partial charge in [-0.05, 0) is 64.7 Å². The Balaban J connectivity index is 1.67. The molecular weight excluding hydrogens is 460 g/mol. The second kappa shape index (κ2) is 11.9. The summed E-state index contributed by atoms with van der Waals surface area (Å²) in [5.41, 5.74) is 5.65. The molecule has 37 heavy (non-hydrogen) atoms. The number of benzene rings is 4. The molecule has 0 bridgehead atoms. The molecule has 0 aliphatic rings. The molecular formula is C32H30N2O3. The number of carbonyl (C=O) groups excluding carboxylic acids is 2.